The summed E-state index contributed by atoms with van der Waals surface area (Å²) in [6.45, 7) is 7.88. The summed E-state index contributed by atoms with van der Waals surface area (Å²) in [5.74, 6) is 0.216. The fourth-order valence-corrected chi connectivity index (χ4v) is 3.25. The minimum Gasteiger partial charge on any atom is -0.475 e. The number of ether oxygens (including phenoxy) is 2. The molecule has 0 bridgehead atoms. The fourth-order valence-electron chi connectivity index (χ4n) is 3.25. The van der Waals surface area contributed by atoms with Gasteiger partial charge in [-0.25, -0.2) is 9.78 Å². The van der Waals surface area contributed by atoms with Gasteiger partial charge >= 0.3 is 12.3 Å². The van der Waals surface area contributed by atoms with Gasteiger partial charge in [-0.3, -0.25) is 4.99 Å². The van der Waals surface area contributed by atoms with Crippen LogP contribution in [0.25, 0.3) is 0 Å². The summed E-state index contributed by atoms with van der Waals surface area (Å²) >= 11 is 0. The Labute approximate surface area is 196 Å². The van der Waals surface area contributed by atoms with E-state index in [1.807, 2.05) is 20.8 Å². The van der Waals surface area contributed by atoms with E-state index in [2.05, 4.69) is 20.2 Å². The van der Waals surface area contributed by atoms with Gasteiger partial charge in [-0.1, -0.05) is 0 Å². The minimum absolute atomic E-state index is 0. The number of hydrogen-bond donors (Lipinski definition) is 1. The van der Waals surface area contributed by atoms with E-state index in [9.17, 15) is 18.0 Å². The molecule has 31 heavy (non-hydrogen) atoms. The van der Waals surface area contributed by atoms with E-state index in [1.54, 1.807) is 4.90 Å². The molecule has 2 aliphatic heterocycles. The number of carbonyl (C=O) groups is 1. The average Bonchev–Trinajstić information content (AvgIpc) is 3.05. The first-order chi connectivity index (χ1) is 14.0. The Balaban J connectivity index is 0.00000341. The molecular weight excluding hydrogens is 530 g/mol. The fraction of sp³-hybridized carbons (Fsp3) is 0.632. The summed E-state index contributed by atoms with van der Waals surface area (Å²) in [5, 5.41) is 3.10. The third-order valence-corrected chi connectivity index (χ3v) is 4.56. The van der Waals surface area contributed by atoms with E-state index in [-0.39, 0.29) is 49.3 Å². The normalized spacial score (nSPS) is 18.6. The number of guanidine groups is 1. The summed E-state index contributed by atoms with van der Waals surface area (Å²) in [4.78, 5) is 24.1. The average molecular weight is 557 g/mol. The highest BCUT2D eigenvalue weighted by Crippen LogP contribution is 2.34. The molecule has 1 fully saturated rings. The second-order valence-corrected chi connectivity index (χ2v) is 8.07. The predicted molar refractivity (Wildman–Crippen MR) is 119 cm³/mol. The van der Waals surface area contributed by atoms with Gasteiger partial charge in [0.05, 0.1) is 19.1 Å². The molecule has 1 atom stereocenters. The number of nitrogens with zero attached hydrogens (tertiary/aromatic N) is 4. The van der Waals surface area contributed by atoms with E-state index in [1.165, 1.54) is 12.3 Å². The lowest BCUT2D eigenvalue weighted by Crippen LogP contribution is -2.57. The number of hydrogen-bond acceptors (Lipinski definition) is 7. The first kappa shape index (κ1) is 25.3. The highest BCUT2D eigenvalue weighted by Gasteiger charge is 2.37. The third kappa shape index (κ3) is 6.74. The van der Waals surface area contributed by atoms with Gasteiger partial charge in [0, 0.05) is 25.8 Å². The molecule has 1 aromatic rings. The summed E-state index contributed by atoms with van der Waals surface area (Å²) < 4.78 is 49.5. The Bertz CT molecular complexity index is 801. The van der Waals surface area contributed by atoms with Gasteiger partial charge in [0.15, 0.2) is 5.96 Å². The smallest absolute Gasteiger partial charge is 0.421 e. The van der Waals surface area contributed by atoms with Crippen LogP contribution in [0, 0.1) is 0 Å². The van der Waals surface area contributed by atoms with Crippen LogP contribution in [-0.4, -0.2) is 77.8 Å². The summed E-state index contributed by atoms with van der Waals surface area (Å²) in [5.41, 5.74) is -1.45. The highest BCUT2D eigenvalue weighted by molar-refractivity contribution is 14.0. The number of aromatic nitrogens is 1. The Morgan fingerprint density at radius 2 is 2.03 bits per heavy atom. The molecule has 2 aliphatic rings. The lowest BCUT2D eigenvalue weighted by molar-refractivity contribution is -0.139. The number of amides is 1. The maximum atomic E-state index is 13.0. The van der Waals surface area contributed by atoms with Crippen molar-refractivity contribution in [2.75, 3.05) is 39.3 Å². The molecule has 1 amide bonds. The zero-order valence-electron chi connectivity index (χ0n) is 17.6. The van der Waals surface area contributed by atoms with Gasteiger partial charge in [-0.05, 0) is 32.9 Å². The third-order valence-electron chi connectivity index (χ3n) is 4.56. The Kier molecular flexibility index (Phi) is 8.22. The first-order valence-electron chi connectivity index (χ1n) is 9.72. The largest absolute Gasteiger partial charge is 0.475 e. The molecule has 8 nitrogen and oxygen atoms in total. The molecular formula is C19H27F3IN5O3. The zero-order chi connectivity index (χ0) is 21.9. The molecule has 0 aliphatic carbocycles. The van der Waals surface area contributed by atoms with Crippen LogP contribution in [0.3, 0.4) is 0 Å². The van der Waals surface area contributed by atoms with Gasteiger partial charge < -0.3 is 24.6 Å². The van der Waals surface area contributed by atoms with Crippen molar-refractivity contribution in [3.05, 3.63) is 23.9 Å². The van der Waals surface area contributed by atoms with Crippen LogP contribution >= 0.6 is 24.0 Å². The molecule has 174 valence electrons. The van der Waals surface area contributed by atoms with Crippen LogP contribution in [0.15, 0.2) is 23.3 Å². The van der Waals surface area contributed by atoms with Crippen LogP contribution in [0.4, 0.5) is 18.0 Å². The summed E-state index contributed by atoms with van der Waals surface area (Å²) in [6.07, 6.45) is -3.60. The number of pyridine rings is 1. The monoisotopic (exact) mass is 557 g/mol. The molecule has 12 heteroatoms. The zero-order valence-corrected chi connectivity index (χ0v) is 19.9. The molecule has 0 aromatic carbocycles. The lowest BCUT2D eigenvalue weighted by Gasteiger charge is -2.39. The van der Waals surface area contributed by atoms with Crippen molar-refractivity contribution < 1.29 is 27.4 Å². The number of alkyl halides is 3. The maximum absolute atomic E-state index is 13.0. The van der Waals surface area contributed by atoms with Crippen LogP contribution in [0.2, 0.25) is 0 Å². The van der Waals surface area contributed by atoms with Crippen molar-refractivity contribution in [3.8, 4) is 5.88 Å². The SMILES string of the molecule is CC(C)(C)OC(=O)N1CCN2C(NCCOc3ncccc3C(F)(F)F)=NCC2C1.I. The molecule has 1 unspecified atom stereocenters. The van der Waals surface area contributed by atoms with E-state index in [4.69, 9.17) is 9.47 Å². The standard InChI is InChI=1S/C19H26F3N5O3.HI/c1-18(2,3)30-17(28)26-8-9-27-13(12-26)11-25-16(27)24-7-10-29-15-14(19(20,21)22)5-4-6-23-15;/h4-6,13H,7-12H2,1-3H3,(H,24,25);1H. The highest BCUT2D eigenvalue weighted by atomic mass is 127. The second-order valence-electron chi connectivity index (χ2n) is 8.07. The van der Waals surface area contributed by atoms with Gasteiger partial charge in [0.25, 0.3) is 0 Å². The Morgan fingerprint density at radius 1 is 1.29 bits per heavy atom. The van der Waals surface area contributed by atoms with Crippen molar-refractivity contribution in [1.82, 2.24) is 20.1 Å². The maximum Gasteiger partial charge on any atom is 0.421 e. The van der Waals surface area contributed by atoms with Crippen molar-refractivity contribution in [3.63, 3.8) is 0 Å². The molecule has 0 spiro atoms. The van der Waals surface area contributed by atoms with Gasteiger partial charge in [-0.2, -0.15) is 13.2 Å². The number of carbonyl (C=O) groups excluding carboxylic acids is 1. The molecule has 1 N–H and O–H groups in total. The molecule has 3 heterocycles. The van der Waals surface area contributed by atoms with Gasteiger partial charge in [0.2, 0.25) is 5.88 Å². The number of nitrogens with one attached hydrogen (secondary N) is 1. The molecule has 0 radical (unpaired) electrons. The van der Waals surface area contributed by atoms with Crippen molar-refractivity contribution in [2.24, 2.45) is 4.99 Å². The van der Waals surface area contributed by atoms with Crippen LogP contribution in [0.5, 0.6) is 5.88 Å². The predicted octanol–water partition coefficient (Wildman–Crippen LogP) is 2.98. The van der Waals surface area contributed by atoms with E-state index in [0.29, 0.717) is 32.1 Å². The van der Waals surface area contributed by atoms with E-state index < -0.39 is 23.2 Å². The molecule has 0 saturated carbocycles. The topological polar surface area (TPSA) is 79.3 Å². The number of aliphatic imine (C=N–C) groups is 1. The Morgan fingerprint density at radius 3 is 2.71 bits per heavy atom. The van der Waals surface area contributed by atoms with Gasteiger partial charge in [-0.15, -0.1) is 24.0 Å². The number of piperazine rings is 1. The number of rotatable bonds is 4. The number of fused-ring (bicyclic) bond motifs is 1. The number of halogens is 4. The summed E-state index contributed by atoms with van der Waals surface area (Å²) in [7, 11) is 0. The lowest BCUT2D eigenvalue weighted by atomic mass is 10.2. The molecule has 1 saturated heterocycles. The Hall–Kier alpha value is -1.99. The van der Waals surface area contributed by atoms with Crippen LogP contribution < -0.4 is 10.1 Å². The van der Waals surface area contributed by atoms with Crippen molar-refractivity contribution in [1.29, 1.82) is 0 Å². The molecule has 1 aromatic heterocycles. The first-order valence-corrected chi connectivity index (χ1v) is 9.72. The minimum atomic E-state index is -4.52. The van der Waals surface area contributed by atoms with Crippen molar-refractivity contribution in [2.45, 2.75) is 38.6 Å². The summed E-state index contributed by atoms with van der Waals surface area (Å²) in [6, 6.07) is 2.20. The van der Waals surface area contributed by atoms with E-state index >= 15 is 0 Å². The van der Waals surface area contributed by atoms with E-state index in [0.717, 1.165) is 6.07 Å². The quantitative estimate of drug-likeness (QED) is 0.454. The second kappa shape index (κ2) is 10.1. The van der Waals surface area contributed by atoms with Crippen LogP contribution in [0.1, 0.15) is 26.3 Å². The van der Waals surface area contributed by atoms with Crippen molar-refractivity contribution >= 4 is 36.0 Å². The van der Waals surface area contributed by atoms with Gasteiger partial charge in [0.1, 0.15) is 17.8 Å². The van der Waals surface area contributed by atoms with Crippen LogP contribution in [-0.2, 0) is 10.9 Å². The molecule has 3 rings (SSSR count).